The second kappa shape index (κ2) is 11.1. The first kappa shape index (κ1) is 27.4. The molecule has 0 radical (unpaired) electrons. The summed E-state index contributed by atoms with van der Waals surface area (Å²) in [5.41, 5.74) is 0.0819. The number of hydrogen-bond donors (Lipinski definition) is 2. The van der Waals surface area contributed by atoms with Crippen molar-refractivity contribution >= 4 is 23.0 Å². The molecule has 2 unspecified atom stereocenters. The molecule has 2 N–H and O–H groups in total. The number of nitrogens with one attached hydrogen (secondary N) is 1. The molecule has 3 aromatic rings. The Balaban J connectivity index is 1.70. The van der Waals surface area contributed by atoms with Gasteiger partial charge in [-0.25, -0.2) is 19.7 Å². The zero-order valence-corrected chi connectivity index (χ0v) is 22.3. The number of imidazole rings is 1. The van der Waals surface area contributed by atoms with Gasteiger partial charge >= 0.3 is 12.1 Å². The van der Waals surface area contributed by atoms with Crippen LogP contribution >= 0.6 is 0 Å². The Labute approximate surface area is 225 Å². The summed E-state index contributed by atoms with van der Waals surface area (Å²) >= 11 is 0. The lowest BCUT2D eigenvalue weighted by Gasteiger charge is -2.33. The van der Waals surface area contributed by atoms with Crippen molar-refractivity contribution in [1.82, 2.24) is 24.4 Å². The van der Waals surface area contributed by atoms with Crippen molar-refractivity contribution in [2.75, 3.05) is 12.4 Å². The van der Waals surface area contributed by atoms with Crippen molar-refractivity contribution in [3.63, 3.8) is 0 Å². The lowest BCUT2D eigenvalue weighted by molar-refractivity contribution is -0.156. The fourth-order valence-corrected chi connectivity index (χ4v) is 5.90. The minimum Gasteiger partial charge on any atom is -0.475 e. The van der Waals surface area contributed by atoms with Crippen LogP contribution in [0.25, 0.3) is 11.2 Å². The number of nitrogens with zero attached hydrogens (tertiary/aromatic N) is 5. The van der Waals surface area contributed by atoms with E-state index in [0.29, 0.717) is 5.92 Å². The molecule has 2 aromatic heterocycles. The van der Waals surface area contributed by atoms with Crippen LogP contribution in [0, 0.1) is 5.92 Å². The fourth-order valence-electron chi connectivity index (χ4n) is 5.90. The number of anilines is 1. The van der Waals surface area contributed by atoms with Crippen LogP contribution in [0.5, 0.6) is 0 Å². The van der Waals surface area contributed by atoms with E-state index in [1.807, 2.05) is 14.0 Å². The number of carbonyl (C=O) groups is 1. The number of fused-ring (bicyclic) bond motifs is 1. The molecule has 210 valence electrons. The zero-order valence-electron chi connectivity index (χ0n) is 22.3. The molecule has 2 atom stereocenters. The van der Waals surface area contributed by atoms with E-state index in [-0.39, 0.29) is 47.0 Å². The molecule has 1 aromatic carbocycles. The van der Waals surface area contributed by atoms with E-state index in [4.69, 9.17) is 0 Å². The highest BCUT2D eigenvalue weighted by atomic mass is 19.4. The lowest BCUT2D eigenvalue weighted by atomic mass is 9.80. The number of benzene rings is 1. The molecule has 0 saturated heterocycles. The second-order valence-electron chi connectivity index (χ2n) is 11.0. The number of alkyl halides is 3. The molecule has 11 heteroatoms. The van der Waals surface area contributed by atoms with Gasteiger partial charge in [0.15, 0.2) is 17.5 Å². The van der Waals surface area contributed by atoms with Crippen molar-refractivity contribution in [2.45, 2.75) is 89.1 Å². The third-order valence-electron chi connectivity index (χ3n) is 8.30. The quantitative estimate of drug-likeness (QED) is 0.339. The molecule has 39 heavy (non-hydrogen) atoms. The summed E-state index contributed by atoms with van der Waals surface area (Å²) in [6, 6.07) is 5.84. The first-order chi connectivity index (χ1) is 18.6. The van der Waals surface area contributed by atoms with Gasteiger partial charge in [-0.1, -0.05) is 56.0 Å². The Kier molecular flexibility index (Phi) is 7.80. The van der Waals surface area contributed by atoms with E-state index in [0.717, 1.165) is 51.4 Å². The van der Waals surface area contributed by atoms with Gasteiger partial charge < -0.3 is 15.0 Å². The van der Waals surface area contributed by atoms with Crippen molar-refractivity contribution in [3.8, 4) is 0 Å². The predicted molar refractivity (Wildman–Crippen MR) is 142 cm³/mol. The maximum atomic E-state index is 14.9. The van der Waals surface area contributed by atoms with Crippen LogP contribution in [0.3, 0.4) is 0 Å². The number of hydrogen-bond acceptors (Lipinski definition) is 6. The Morgan fingerprint density at radius 3 is 2.36 bits per heavy atom. The Morgan fingerprint density at radius 2 is 1.77 bits per heavy atom. The normalized spacial score (nSPS) is 18.7. The van der Waals surface area contributed by atoms with Crippen LogP contribution < -0.4 is 5.32 Å². The van der Waals surface area contributed by atoms with E-state index >= 15 is 0 Å². The van der Waals surface area contributed by atoms with Crippen LogP contribution in [-0.4, -0.2) is 60.8 Å². The molecule has 0 spiro atoms. The Bertz CT molecular complexity index is 1300. The van der Waals surface area contributed by atoms with Crippen molar-refractivity contribution in [1.29, 1.82) is 0 Å². The summed E-state index contributed by atoms with van der Waals surface area (Å²) in [4.78, 5) is 26.9. The number of rotatable bonds is 9. The van der Waals surface area contributed by atoms with Crippen LogP contribution in [0.4, 0.5) is 19.0 Å². The van der Waals surface area contributed by atoms with Gasteiger partial charge in [0, 0.05) is 12.1 Å². The smallest absolute Gasteiger partial charge is 0.413 e. The van der Waals surface area contributed by atoms with Gasteiger partial charge in [0.1, 0.15) is 11.3 Å². The van der Waals surface area contributed by atoms with E-state index in [2.05, 4.69) is 25.2 Å². The number of carboxylic acids is 1. The fraction of sp³-hybridized carbons (Fsp3) is 0.571. The molecule has 0 aliphatic heterocycles. The molecule has 2 aliphatic rings. The van der Waals surface area contributed by atoms with Gasteiger partial charge in [0.2, 0.25) is 5.82 Å². The molecular formula is C28H35F3N6O2. The molecule has 0 bridgehead atoms. The average Bonchev–Trinajstić information content (AvgIpc) is 3.20. The Hall–Kier alpha value is -3.21. The topological polar surface area (TPSA) is 96.2 Å². The highest BCUT2D eigenvalue weighted by molar-refractivity contribution is 5.91. The van der Waals surface area contributed by atoms with E-state index in [1.54, 1.807) is 18.2 Å². The zero-order chi connectivity index (χ0) is 27.7. The lowest BCUT2D eigenvalue weighted by Crippen LogP contribution is -2.36. The summed E-state index contributed by atoms with van der Waals surface area (Å²) in [5, 5.41) is 13.0. The number of aromatic carboxylic acids is 1. The van der Waals surface area contributed by atoms with Gasteiger partial charge in [-0.2, -0.15) is 13.2 Å². The molecule has 2 aliphatic carbocycles. The van der Waals surface area contributed by atoms with Gasteiger partial charge in [-0.3, -0.25) is 4.90 Å². The Morgan fingerprint density at radius 1 is 1.08 bits per heavy atom. The van der Waals surface area contributed by atoms with Gasteiger partial charge in [-0.05, 0) is 51.1 Å². The van der Waals surface area contributed by atoms with Crippen LogP contribution in [0.1, 0.15) is 86.3 Å². The van der Waals surface area contributed by atoms with Gasteiger partial charge in [0.05, 0.1) is 6.54 Å². The van der Waals surface area contributed by atoms with Crippen LogP contribution in [-0.2, 0) is 6.54 Å². The third-order valence-corrected chi connectivity index (χ3v) is 8.30. The van der Waals surface area contributed by atoms with E-state index in [1.165, 1.54) is 16.7 Å². The SMILES string of the molecule is CC(Nc1nc(C(=O)O)nc2nc(CN(C)C3CCCCC3)n(C(c3ccccc3)C(F)(F)F)c12)C1CCC1. The molecule has 8 nitrogen and oxygen atoms in total. The van der Waals surface area contributed by atoms with Gasteiger partial charge in [0.25, 0.3) is 0 Å². The molecule has 2 fully saturated rings. The monoisotopic (exact) mass is 544 g/mol. The summed E-state index contributed by atoms with van der Waals surface area (Å²) in [6.07, 6.45) is 3.72. The summed E-state index contributed by atoms with van der Waals surface area (Å²) < 4.78 is 46.0. The standard InChI is InChI=1S/C28H35F3N6O2/c1-17(18-12-9-13-18)32-24-22-25(35-26(34-24)27(38)39)33-21(16-36(2)20-14-7-4-8-15-20)37(22)23(28(29,30)31)19-10-5-3-6-11-19/h3,5-6,10-11,17-18,20,23H,4,7-9,12-16H2,1-2H3,(H,38,39)(H,32,34,35). The predicted octanol–water partition coefficient (Wildman–Crippen LogP) is 6.04. The number of aromatic nitrogens is 4. The second-order valence-corrected chi connectivity index (χ2v) is 11.0. The van der Waals surface area contributed by atoms with Crippen molar-refractivity contribution in [2.24, 2.45) is 5.92 Å². The molecule has 2 saturated carbocycles. The number of halogens is 3. The van der Waals surface area contributed by atoms with Crippen molar-refractivity contribution in [3.05, 3.63) is 47.5 Å². The number of carboxylic acid groups (broad SMARTS) is 1. The average molecular weight is 545 g/mol. The van der Waals surface area contributed by atoms with E-state index in [9.17, 15) is 23.1 Å². The highest BCUT2D eigenvalue weighted by Crippen LogP contribution is 2.41. The van der Waals surface area contributed by atoms with Crippen LogP contribution in [0.2, 0.25) is 0 Å². The highest BCUT2D eigenvalue weighted by Gasteiger charge is 2.45. The molecule has 0 amide bonds. The minimum atomic E-state index is -4.66. The minimum absolute atomic E-state index is 0.0528. The first-order valence-corrected chi connectivity index (χ1v) is 13.7. The first-order valence-electron chi connectivity index (χ1n) is 13.7. The van der Waals surface area contributed by atoms with E-state index < -0.39 is 24.0 Å². The molecule has 2 heterocycles. The summed E-state index contributed by atoms with van der Waals surface area (Å²) in [6.45, 7) is 2.12. The van der Waals surface area contributed by atoms with Crippen LogP contribution in [0.15, 0.2) is 30.3 Å². The molecular weight excluding hydrogens is 509 g/mol. The molecule has 5 rings (SSSR count). The third kappa shape index (κ3) is 5.73. The summed E-state index contributed by atoms with van der Waals surface area (Å²) in [7, 11) is 1.91. The van der Waals surface area contributed by atoms with Gasteiger partial charge in [-0.15, -0.1) is 0 Å². The maximum Gasteiger partial charge on any atom is 0.413 e. The largest absolute Gasteiger partial charge is 0.475 e. The maximum absolute atomic E-state index is 14.9. The summed E-state index contributed by atoms with van der Waals surface area (Å²) in [5.74, 6) is -1.27. The van der Waals surface area contributed by atoms with Crippen molar-refractivity contribution < 1.29 is 23.1 Å².